The Bertz CT molecular complexity index is 2230. The smallest absolute Gasteiger partial charge is 0.243 e. The molecule has 1 fully saturated rings. The largest absolute Gasteiger partial charge is 0.508 e. The van der Waals surface area contributed by atoms with Gasteiger partial charge in [0.05, 0.1) is 31.6 Å². The van der Waals surface area contributed by atoms with Crippen LogP contribution in [0.15, 0.2) is 54.6 Å². The quantitative estimate of drug-likeness (QED) is 0.0655. The predicted molar refractivity (Wildman–Crippen MR) is 265 cm³/mol. The second kappa shape index (κ2) is 30.1. The second-order valence-corrected chi connectivity index (χ2v) is 19.2. The minimum atomic E-state index is -1.76. The standard InChI is InChI=1S/C48H69N11O12S/c1-5-28(4)42-47(70)55-32(17-18-37(49)61)43(66)44(67)33(22-38(50)62)57-58-36(26-72-19-9-12-40(64)53-35(46(69)56-42)21-29-13-15-31(60)16-14-29)48(71)59(24-30-10-7-6-8-11-30)25-41(65)54-34(20-27(2)3)45(68)52-23-39(51)63/h6-8,10-11,13-16,27-28,32-36,42,57-58,60H,5,9,12,17-26H2,1-4H3,(H2,49,61)(H2,50,62)(H2,51,63)(H,52,68)(H,53,64)(H,54,65)(H,55,70)(H,56,69)/t28-,32-,33-,34-,35-,36-,42-/m0/s1. The number of rotatable bonds is 20. The van der Waals surface area contributed by atoms with Gasteiger partial charge in [0, 0.05) is 31.6 Å². The number of hydrogen-bond donors (Lipinski definition) is 11. The van der Waals surface area contributed by atoms with Gasteiger partial charge in [-0.2, -0.15) is 11.8 Å². The summed E-state index contributed by atoms with van der Waals surface area (Å²) in [6, 6.07) is 6.02. The number of nitrogens with zero attached hydrogens (tertiary/aromatic N) is 1. The maximum absolute atomic E-state index is 14.8. The lowest BCUT2D eigenvalue weighted by atomic mass is 9.94. The summed E-state index contributed by atoms with van der Waals surface area (Å²) < 4.78 is 0. The van der Waals surface area contributed by atoms with E-state index in [1.165, 1.54) is 28.8 Å². The molecule has 0 aliphatic carbocycles. The van der Waals surface area contributed by atoms with Crippen molar-refractivity contribution >= 4 is 76.5 Å². The molecule has 1 saturated heterocycles. The van der Waals surface area contributed by atoms with E-state index in [-0.39, 0.29) is 55.4 Å². The van der Waals surface area contributed by atoms with Gasteiger partial charge in [0.15, 0.2) is 0 Å². The molecule has 0 bridgehead atoms. The van der Waals surface area contributed by atoms with Crippen molar-refractivity contribution < 1.29 is 57.8 Å². The molecule has 0 spiro atoms. The van der Waals surface area contributed by atoms with Crippen LogP contribution in [0, 0.1) is 11.8 Å². The summed E-state index contributed by atoms with van der Waals surface area (Å²) in [4.78, 5) is 149. The van der Waals surface area contributed by atoms with E-state index in [1.807, 2.05) is 13.8 Å². The Morgan fingerprint density at radius 3 is 2.07 bits per heavy atom. The van der Waals surface area contributed by atoms with E-state index in [4.69, 9.17) is 17.2 Å². The third-order valence-corrected chi connectivity index (χ3v) is 12.6. The normalized spacial score (nSPS) is 20.7. The third kappa shape index (κ3) is 20.8. The molecule has 1 heterocycles. The Hall–Kier alpha value is -6.92. The molecular formula is C48H69N11O12S. The van der Waals surface area contributed by atoms with E-state index in [0.29, 0.717) is 17.5 Å². The molecule has 24 heteroatoms. The fourth-order valence-electron chi connectivity index (χ4n) is 7.43. The molecule has 14 N–H and O–H groups in total. The zero-order valence-corrected chi connectivity index (χ0v) is 41.8. The van der Waals surface area contributed by atoms with Crippen LogP contribution in [-0.2, 0) is 65.7 Å². The molecule has 23 nitrogen and oxygen atoms in total. The van der Waals surface area contributed by atoms with Crippen molar-refractivity contribution in [3.05, 3.63) is 65.7 Å². The van der Waals surface area contributed by atoms with Gasteiger partial charge in [0.1, 0.15) is 29.9 Å². The van der Waals surface area contributed by atoms with Crippen LogP contribution < -0.4 is 54.6 Å². The van der Waals surface area contributed by atoms with Crippen LogP contribution in [0.3, 0.4) is 0 Å². The van der Waals surface area contributed by atoms with Crippen LogP contribution in [0.4, 0.5) is 0 Å². The van der Waals surface area contributed by atoms with Crippen molar-refractivity contribution in [1.82, 2.24) is 42.3 Å². The number of nitrogens with two attached hydrogens (primary N) is 3. The number of thioether (sulfide) groups is 1. The van der Waals surface area contributed by atoms with E-state index in [0.717, 1.165) is 0 Å². The van der Waals surface area contributed by atoms with Crippen molar-refractivity contribution in [2.75, 3.05) is 24.6 Å². The summed E-state index contributed by atoms with van der Waals surface area (Å²) >= 11 is 1.19. The summed E-state index contributed by atoms with van der Waals surface area (Å²) in [6.45, 7) is 5.81. The third-order valence-electron chi connectivity index (χ3n) is 11.5. The molecule has 1 aliphatic heterocycles. The lowest BCUT2D eigenvalue weighted by Gasteiger charge is -2.30. The lowest BCUT2D eigenvalue weighted by molar-refractivity contribution is -0.142. The van der Waals surface area contributed by atoms with E-state index in [9.17, 15) is 57.8 Å². The molecule has 3 rings (SSSR count). The number of hydrogen-bond acceptors (Lipinski definition) is 15. The van der Waals surface area contributed by atoms with E-state index in [1.54, 1.807) is 56.3 Å². The van der Waals surface area contributed by atoms with Crippen LogP contribution in [0.2, 0.25) is 0 Å². The van der Waals surface area contributed by atoms with Gasteiger partial charge in [-0.1, -0.05) is 76.6 Å². The maximum atomic E-state index is 14.8. The molecule has 394 valence electrons. The highest BCUT2D eigenvalue weighted by molar-refractivity contribution is 7.99. The highest BCUT2D eigenvalue weighted by Crippen LogP contribution is 2.17. The Balaban J connectivity index is 2.09. The fraction of sp³-hybridized carbons (Fsp3) is 0.521. The molecule has 7 atom stereocenters. The monoisotopic (exact) mass is 1020 g/mol. The molecule has 0 unspecified atom stereocenters. The number of carbonyl (C=O) groups excluding carboxylic acids is 11. The van der Waals surface area contributed by atoms with E-state index in [2.05, 4.69) is 37.4 Å². The molecule has 2 aromatic carbocycles. The number of phenols is 1. The lowest BCUT2D eigenvalue weighted by Crippen LogP contribution is -2.61. The van der Waals surface area contributed by atoms with Crippen LogP contribution in [0.25, 0.3) is 0 Å². The molecule has 2 aromatic rings. The first-order valence-corrected chi connectivity index (χ1v) is 24.8. The van der Waals surface area contributed by atoms with Crippen LogP contribution >= 0.6 is 11.8 Å². The Labute approximate surface area is 422 Å². The Morgan fingerprint density at radius 1 is 0.792 bits per heavy atom. The molecular weight excluding hydrogens is 955 g/mol. The van der Waals surface area contributed by atoms with E-state index < -0.39 is 139 Å². The molecule has 72 heavy (non-hydrogen) atoms. The minimum Gasteiger partial charge on any atom is -0.508 e. The number of primary amides is 3. The number of ketones is 2. The highest BCUT2D eigenvalue weighted by atomic mass is 32.2. The van der Waals surface area contributed by atoms with Crippen molar-refractivity contribution in [3.63, 3.8) is 0 Å². The van der Waals surface area contributed by atoms with Gasteiger partial charge in [-0.15, -0.1) is 0 Å². The van der Waals surface area contributed by atoms with Gasteiger partial charge in [-0.25, -0.2) is 10.9 Å². The molecule has 0 aromatic heterocycles. The Kier molecular flexibility index (Phi) is 24.8. The zero-order valence-electron chi connectivity index (χ0n) is 41.0. The van der Waals surface area contributed by atoms with Crippen LogP contribution in [0.1, 0.15) is 83.8 Å². The van der Waals surface area contributed by atoms with Crippen molar-refractivity contribution in [1.29, 1.82) is 0 Å². The first-order chi connectivity index (χ1) is 34.1. The molecule has 0 radical (unpaired) electrons. The molecule has 0 saturated carbocycles. The van der Waals surface area contributed by atoms with Crippen molar-refractivity contribution in [2.24, 2.45) is 29.0 Å². The number of phenolic OH excluding ortho intramolecular Hbond substituents is 1. The SMILES string of the molecule is CC[C@H](C)[C@@H]1NC(=O)[C@H](Cc2ccc(O)cc2)NC(=O)CCCSC[C@@H](C(=O)N(CC(=O)N[C@@H](CC(C)C)C(=O)NCC(N)=O)Cc2ccccc2)NN[C@@H](CC(N)=O)C(=O)C(=O)[C@H](CCC(N)=O)NC1=O. The summed E-state index contributed by atoms with van der Waals surface area (Å²) in [5.41, 5.74) is 22.7. The number of carbonyl (C=O) groups is 11. The second-order valence-electron chi connectivity index (χ2n) is 18.0. The van der Waals surface area contributed by atoms with Gasteiger partial charge in [-0.3, -0.25) is 52.7 Å². The molecule has 9 amide bonds. The minimum absolute atomic E-state index is 0.0328. The number of amides is 9. The van der Waals surface area contributed by atoms with Crippen molar-refractivity contribution in [2.45, 2.75) is 122 Å². The van der Waals surface area contributed by atoms with Gasteiger partial charge in [0.2, 0.25) is 64.7 Å². The topological polar surface area (TPSA) is 374 Å². The highest BCUT2D eigenvalue weighted by Gasteiger charge is 2.38. The fourth-order valence-corrected chi connectivity index (χ4v) is 8.41. The molecule has 1 aliphatic rings. The summed E-state index contributed by atoms with van der Waals surface area (Å²) in [6.07, 6.45) is -1.16. The zero-order chi connectivity index (χ0) is 53.5. The number of aromatic hydroxyl groups is 1. The first kappa shape index (κ1) is 59.4. The maximum Gasteiger partial charge on any atom is 0.243 e. The average molecular weight is 1020 g/mol. The average Bonchev–Trinajstić information content (AvgIpc) is 3.32. The summed E-state index contributed by atoms with van der Waals surface area (Å²) in [5.74, 6) is -10.2. The van der Waals surface area contributed by atoms with Crippen molar-refractivity contribution in [3.8, 4) is 5.75 Å². The Morgan fingerprint density at radius 2 is 1.46 bits per heavy atom. The number of benzene rings is 2. The van der Waals surface area contributed by atoms with E-state index >= 15 is 0 Å². The van der Waals surface area contributed by atoms with Gasteiger partial charge < -0.3 is 53.8 Å². The van der Waals surface area contributed by atoms with Gasteiger partial charge in [0.25, 0.3) is 0 Å². The van der Waals surface area contributed by atoms with Crippen LogP contribution in [-0.4, -0.2) is 136 Å². The van der Waals surface area contributed by atoms with Crippen LogP contribution in [0.5, 0.6) is 5.75 Å². The number of nitrogens with one attached hydrogen (secondary N) is 7. The summed E-state index contributed by atoms with van der Waals surface area (Å²) in [5, 5.41) is 22.8. The number of Topliss-reactive ketones (excluding diaryl/α,β-unsaturated/α-hetero) is 2. The number of hydrazine groups is 1. The van der Waals surface area contributed by atoms with Gasteiger partial charge in [-0.05, 0) is 60.1 Å². The summed E-state index contributed by atoms with van der Waals surface area (Å²) in [7, 11) is 0. The van der Waals surface area contributed by atoms with Gasteiger partial charge >= 0.3 is 0 Å². The first-order valence-electron chi connectivity index (χ1n) is 23.7. The predicted octanol–water partition coefficient (Wildman–Crippen LogP) is -1.77.